The lowest BCUT2D eigenvalue weighted by Gasteiger charge is -2.26. The van der Waals surface area contributed by atoms with Crippen LogP contribution in [0.1, 0.15) is 43.5 Å². The molecule has 3 heteroatoms. The number of ketones is 1. The van der Waals surface area contributed by atoms with Crippen molar-refractivity contribution < 1.29 is 4.79 Å². The second-order valence-corrected chi connectivity index (χ2v) is 5.98. The molecule has 1 aromatic carbocycles. The van der Waals surface area contributed by atoms with E-state index in [1.165, 1.54) is 19.3 Å². The molecule has 1 aliphatic rings. The molecule has 0 radical (unpaired) electrons. The topological polar surface area (TPSA) is 20.3 Å². The van der Waals surface area contributed by atoms with E-state index in [0.29, 0.717) is 22.5 Å². The van der Waals surface area contributed by atoms with Gasteiger partial charge in [-0.3, -0.25) is 9.69 Å². The first-order valence-electron chi connectivity index (χ1n) is 7.10. The average molecular weight is 280 g/mol. The number of rotatable bonds is 5. The van der Waals surface area contributed by atoms with Gasteiger partial charge in [0, 0.05) is 12.1 Å². The highest BCUT2D eigenvalue weighted by molar-refractivity contribution is 6.34. The van der Waals surface area contributed by atoms with Gasteiger partial charge in [-0.05, 0) is 43.4 Å². The van der Waals surface area contributed by atoms with E-state index in [-0.39, 0.29) is 5.78 Å². The van der Waals surface area contributed by atoms with Crippen molar-refractivity contribution in [3.8, 4) is 0 Å². The summed E-state index contributed by atoms with van der Waals surface area (Å²) in [5.74, 6) is 0.133. The predicted octanol–water partition coefficient (Wildman–Crippen LogP) is 4.03. The largest absolute Gasteiger partial charge is 0.295 e. The van der Waals surface area contributed by atoms with E-state index in [4.69, 9.17) is 11.6 Å². The van der Waals surface area contributed by atoms with Crippen molar-refractivity contribution in [3.63, 3.8) is 0 Å². The minimum absolute atomic E-state index is 0.133. The highest BCUT2D eigenvalue weighted by Gasteiger charge is 2.35. The number of nitrogens with zero attached hydrogens (tertiary/aromatic N) is 1. The molecule has 2 nitrogen and oxygen atoms in total. The molecule has 0 N–H and O–H groups in total. The summed E-state index contributed by atoms with van der Waals surface area (Å²) < 4.78 is 0. The van der Waals surface area contributed by atoms with Crippen molar-refractivity contribution in [2.24, 2.45) is 5.41 Å². The van der Waals surface area contributed by atoms with Gasteiger partial charge < -0.3 is 0 Å². The quantitative estimate of drug-likeness (QED) is 0.759. The minimum atomic E-state index is 0.133. The molecule has 1 heterocycles. The van der Waals surface area contributed by atoms with Crippen LogP contribution in [0.3, 0.4) is 0 Å². The van der Waals surface area contributed by atoms with Crippen LogP contribution in [-0.2, 0) is 0 Å². The summed E-state index contributed by atoms with van der Waals surface area (Å²) in [6.45, 7) is 7.06. The summed E-state index contributed by atoms with van der Waals surface area (Å²) in [6.07, 6.45) is 3.59. The van der Waals surface area contributed by atoms with Gasteiger partial charge in [-0.15, -0.1) is 0 Å². The number of benzene rings is 1. The molecule has 0 spiro atoms. The van der Waals surface area contributed by atoms with Crippen LogP contribution in [0.2, 0.25) is 5.02 Å². The number of Topliss-reactive ketones (excluding diaryl/α,β-unsaturated/α-hetero) is 1. The molecule has 0 aliphatic carbocycles. The summed E-state index contributed by atoms with van der Waals surface area (Å²) in [4.78, 5) is 14.6. The third-order valence-electron chi connectivity index (χ3n) is 4.56. The first kappa shape index (κ1) is 14.5. The Morgan fingerprint density at radius 1 is 1.32 bits per heavy atom. The first-order chi connectivity index (χ1) is 9.10. The Morgan fingerprint density at radius 2 is 2.00 bits per heavy atom. The number of likely N-dealkylation sites (tertiary alicyclic amines) is 1. The Balaban J connectivity index is 2.00. The van der Waals surface area contributed by atoms with Crippen LogP contribution in [0.4, 0.5) is 0 Å². The van der Waals surface area contributed by atoms with Crippen molar-refractivity contribution in [3.05, 3.63) is 34.9 Å². The molecule has 0 saturated carbocycles. The zero-order valence-electron chi connectivity index (χ0n) is 11.8. The van der Waals surface area contributed by atoms with Crippen molar-refractivity contribution in [2.75, 3.05) is 19.6 Å². The van der Waals surface area contributed by atoms with Gasteiger partial charge in [0.25, 0.3) is 0 Å². The lowest BCUT2D eigenvalue weighted by molar-refractivity contribution is 0.0936. The summed E-state index contributed by atoms with van der Waals surface area (Å²) >= 11 is 6.08. The Morgan fingerprint density at radius 3 is 2.58 bits per heavy atom. The molecule has 1 aromatic rings. The Hall–Kier alpha value is -0.860. The molecular formula is C16H22ClNO. The van der Waals surface area contributed by atoms with E-state index < -0.39 is 0 Å². The Kier molecular flexibility index (Phi) is 4.64. The number of carbonyl (C=O) groups is 1. The van der Waals surface area contributed by atoms with Crippen LogP contribution in [-0.4, -0.2) is 30.3 Å². The maximum atomic E-state index is 12.3. The van der Waals surface area contributed by atoms with Gasteiger partial charge in [0.2, 0.25) is 0 Å². The number of hydrogen-bond acceptors (Lipinski definition) is 2. The second kappa shape index (κ2) is 6.06. The fraction of sp³-hybridized carbons (Fsp3) is 0.562. The van der Waals surface area contributed by atoms with Crippen molar-refractivity contribution in [1.29, 1.82) is 0 Å². The van der Waals surface area contributed by atoms with E-state index in [0.717, 1.165) is 13.1 Å². The van der Waals surface area contributed by atoms with Crippen LogP contribution in [0.5, 0.6) is 0 Å². The van der Waals surface area contributed by atoms with Gasteiger partial charge in [0.15, 0.2) is 5.78 Å². The Bertz CT molecular complexity index is 454. The van der Waals surface area contributed by atoms with E-state index in [2.05, 4.69) is 18.7 Å². The zero-order chi connectivity index (χ0) is 13.9. The SMILES string of the molecule is CCC1(CC)CCN(CC(=O)c2ccccc2Cl)C1. The van der Waals surface area contributed by atoms with Gasteiger partial charge in [0.05, 0.1) is 11.6 Å². The average Bonchev–Trinajstić information content (AvgIpc) is 2.83. The maximum absolute atomic E-state index is 12.3. The highest BCUT2D eigenvalue weighted by atomic mass is 35.5. The molecule has 1 aliphatic heterocycles. The minimum Gasteiger partial charge on any atom is -0.295 e. The normalized spacial score (nSPS) is 18.7. The standard InChI is InChI=1S/C16H22ClNO/c1-3-16(4-2)9-10-18(12-16)11-15(19)13-7-5-6-8-14(13)17/h5-8H,3-4,9-12H2,1-2H3. The van der Waals surface area contributed by atoms with Crippen LogP contribution in [0.25, 0.3) is 0 Å². The predicted molar refractivity (Wildman–Crippen MR) is 79.9 cm³/mol. The van der Waals surface area contributed by atoms with Crippen molar-refractivity contribution in [1.82, 2.24) is 4.90 Å². The van der Waals surface area contributed by atoms with E-state index >= 15 is 0 Å². The summed E-state index contributed by atoms with van der Waals surface area (Å²) in [5.41, 5.74) is 1.07. The molecule has 19 heavy (non-hydrogen) atoms. The smallest absolute Gasteiger partial charge is 0.178 e. The van der Waals surface area contributed by atoms with Crippen LogP contribution >= 0.6 is 11.6 Å². The summed E-state index contributed by atoms with van der Waals surface area (Å²) in [5, 5.41) is 0.559. The molecule has 0 aromatic heterocycles. The van der Waals surface area contributed by atoms with Gasteiger partial charge in [0.1, 0.15) is 0 Å². The number of hydrogen-bond donors (Lipinski definition) is 0. The molecule has 2 rings (SSSR count). The van der Waals surface area contributed by atoms with Gasteiger partial charge in [-0.25, -0.2) is 0 Å². The summed E-state index contributed by atoms with van der Waals surface area (Å²) in [6, 6.07) is 7.31. The molecule has 0 amide bonds. The zero-order valence-corrected chi connectivity index (χ0v) is 12.5. The van der Waals surface area contributed by atoms with Crippen molar-refractivity contribution in [2.45, 2.75) is 33.1 Å². The molecule has 1 fully saturated rings. The van der Waals surface area contributed by atoms with E-state index in [9.17, 15) is 4.79 Å². The van der Waals surface area contributed by atoms with Gasteiger partial charge in [-0.1, -0.05) is 37.6 Å². The Labute approximate surface area is 120 Å². The third kappa shape index (κ3) is 3.18. The third-order valence-corrected chi connectivity index (χ3v) is 4.89. The molecule has 0 unspecified atom stereocenters. The molecule has 0 bridgehead atoms. The van der Waals surface area contributed by atoms with Crippen LogP contribution in [0, 0.1) is 5.41 Å². The van der Waals surface area contributed by atoms with Crippen LogP contribution in [0.15, 0.2) is 24.3 Å². The van der Waals surface area contributed by atoms with Crippen LogP contribution < -0.4 is 0 Å². The molecule has 104 valence electrons. The summed E-state index contributed by atoms with van der Waals surface area (Å²) in [7, 11) is 0. The lowest BCUT2D eigenvalue weighted by atomic mass is 9.82. The highest BCUT2D eigenvalue weighted by Crippen LogP contribution is 2.36. The maximum Gasteiger partial charge on any atom is 0.178 e. The number of carbonyl (C=O) groups excluding carboxylic acids is 1. The van der Waals surface area contributed by atoms with E-state index in [1.54, 1.807) is 6.07 Å². The van der Waals surface area contributed by atoms with Gasteiger partial charge in [-0.2, -0.15) is 0 Å². The fourth-order valence-corrected chi connectivity index (χ4v) is 3.21. The number of halogens is 1. The van der Waals surface area contributed by atoms with Crippen molar-refractivity contribution >= 4 is 17.4 Å². The monoisotopic (exact) mass is 279 g/mol. The first-order valence-corrected chi connectivity index (χ1v) is 7.48. The molecule has 1 saturated heterocycles. The fourth-order valence-electron chi connectivity index (χ4n) is 2.97. The second-order valence-electron chi connectivity index (χ2n) is 5.57. The van der Waals surface area contributed by atoms with Gasteiger partial charge >= 0.3 is 0 Å². The molecule has 0 atom stereocenters. The molecular weight excluding hydrogens is 258 g/mol. The van der Waals surface area contributed by atoms with E-state index in [1.807, 2.05) is 18.2 Å². The lowest BCUT2D eigenvalue weighted by Crippen LogP contribution is -2.31.